The Morgan fingerprint density at radius 3 is 2.81 bits per heavy atom. The van der Waals surface area contributed by atoms with Gasteiger partial charge in [-0.15, -0.1) is 10.2 Å². The SMILES string of the molecule is CC(C)c1nnc2cc(C(O)CN)ccn12. The van der Waals surface area contributed by atoms with Gasteiger partial charge in [0, 0.05) is 18.7 Å². The number of pyridine rings is 1. The molecule has 0 aromatic carbocycles. The predicted molar refractivity (Wildman–Crippen MR) is 61.1 cm³/mol. The van der Waals surface area contributed by atoms with E-state index in [2.05, 4.69) is 24.0 Å². The van der Waals surface area contributed by atoms with Crippen molar-refractivity contribution in [1.82, 2.24) is 14.6 Å². The van der Waals surface area contributed by atoms with E-state index in [-0.39, 0.29) is 6.54 Å². The van der Waals surface area contributed by atoms with Crippen molar-refractivity contribution in [2.75, 3.05) is 6.54 Å². The summed E-state index contributed by atoms with van der Waals surface area (Å²) in [7, 11) is 0. The molecular weight excluding hydrogens is 204 g/mol. The third-order valence-corrected chi connectivity index (χ3v) is 2.58. The minimum absolute atomic E-state index is 0.210. The number of hydrogen-bond donors (Lipinski definition) is 2. The van der Waals surface area contributed by atoms with E-state index in [0.29, 0.717) is 5.92 Å². The van der Waals surface area contributed by atoms with Gasteiger partial charge in [0.25, 0.3) is 0 Å². The van der Waals surface area contributed by atoms with Gasteiger partial charge in [-0.3, -0.25) is 4.40 Å². The lowest BCUT2D eigenvalue weighted by molar-refractivity contribution is 0.186. The topological polar surface area (TPSA) is 76.4 Å². The summed E-state index contributed by atoms with van der Waals surface area (Å²) in [5.74, 6) is 1.24. The number of rotatable bonds is 3. The van der Waals surface area contributed by atoms with Crippen LogP contribution in [0.3, 0.4) is 0 Å². The van der Waals surface area contributed by atoms with Crippen molar-refractivity contribution in [2.24, 2.45) is 5.73 Å². The Labute approximate surface area is 93.9 Å². The molecule has 0 amide bonds. The third-order valence-electron chi connectivity index (χ3n) is 2.58. The van der Waals surface area contributed by atoms with Crippen LogP contribution in [0.25, 0.3) is 5.65 Å². The zero-order chi connectivity index (χ0) is 11.7. The molecule has 5 nitrogen and oxygen atoms in total. The van der Waals surface area contributed by atoms with Crippen molar-refractivity contribution in [2.45, 2.75) is 25.9 Å². The fourth-order valence-electron chi connectivity index (χ4n) is 1.66. The summed E-state index contributed by atoms with van der Waals surface area (Å²) in [5.41, 5.74) is 6.93. The lowest BCUT2D eigenvalue weighted by Gasteiger charge is -2.08. The van der Waals surface area contributed by atoms with Gasteiger partial charge < -0.3 is 10.8 Å². The molecular formula is C11H16N4O. The first-order chi connectivity index (χ1) is 7.63. The van der Waals surface area contributed by atoms with Crippen molar-refractivity contribution in [3.63, 3.8) is 0 Å². The largest absolute Gasteiger partial charge is 0.387 e. The molecule has 0 aliphatic rings. The van der Waals surface area contributed by atoms with E-state index in [1.165, 1.54) is 0 Å². The highest BCUT2D eigenvalue weighted by molar-refractivity contribution is 5.42. The monoisotopic (exact) mass is 220 g/mol. The van der Waals surface area contributed by atoms with E-state index in [1.807, 2.05) is 22.7 Å². The van der Waals surface area contributed by atoms with Gasteiger partial charge in [-0.1, -0.05) is 13.8 Å². The first kappa shape index (κ1) is 11.0. The van der Waals surface area contributed by atoms with Gasteiger partial charge in [0.15, 0.2) is 5.65 Å². The van der Waals surface area contributed by atoms with Crippen LogP contribution >= 0.6 is 0 Å². The van der Waals surface area contributed by atoms with Gasteiger partial charge in [-0.25, -0.2) is 0 Å². The number of nitrogens with zero attached hydrogens (tertiary/aromatic N) is 3. The molecule has 0 radical (unpaired) electrons. The molecule has 2 aromatic heterocycles. The number of aliphatic hydroxyl groups excluding tert-OH is 1. The maximum absolute atomic E-state index is 9.62. The van der Waals surface area contributed by atoms with Gasteiger partial charge in [0.1, 0.15) is 5.82 Å². The smallest absolute Gasteiger partial charge is 0.161 e. The maximum atomic E-state index is 9.62. The van der Waals surface area contributed by atoms with Gasteiger partial charge in [-0.05, 0) is 17.7 Å². The van der Waals surface area contributed by atoms with Crippen LogP contribution in [0.2, 0.25) is 0 Å². The van der Waals surface area contributed by atoms with Crippen molar-refractivity contribution in [1.29, 1.82) is 0 Å². The fourth-order valence-corrected chi connectivity index (χ4v) is 1.66. The van der Waals surface area contributed by atoms with E-state index in [9.17, 15) is 5.11 Å². The minimum Gasteiger partial charge on any atom is -0.387 e. The molecule has 2 rings (SSSR count). The lowest BCUT2D eigenvalue weighted by Crippen LogP contribution is -2.11. The second-order valence-corrected chi connectivity index (χ2v) is 4.15. The van der Waals surface area contributed by atoms with Crippen LogP contribution in [0.1, 0.15) is 37.3 Å². The van der Waals surface area contributed by atoms with Crippen LogP contribution in [0.15, 0.2) is 18.3 Å². The van der Waals surface area contributed by atoms with Crippen LogP contribution in [0.4, 0.5) is 0 Å². The second kappa shape index (κ2) is 4.19. The zero-order valence-electron chi connectivity index (χ0n) is 9.46. The molecule has 0 fully saturated rings. The Bertz CT molecular complexity index is 492. The molecule has 0 aliphatic carbocycles. The van der Waals surface area contributed by atoms with Crippen molar-refractivity contribution >= 4 is 5.65 Å². The molecule has 86 valence electrons. The van der Waals surface area contributed by atoms with Crippen LogP contribution in [0, 0.1) is 0 Å². The van der Waals surface area contributed by atoms with Crippen molar-refractivity contribution in [3.05, 3.63) is 29.7 Å². The Morgan fingerprint density at radius 2 is 2.19 bits per heavy atom. The highest BCUT2D eigenvalue weighted by Gasteiger charge is 2.11. The summed E-state index contributed by atoms with van der Waals surface area (Å²) in [6.07, 6.45) is 1.24. The highest BCUT2D eigenvalue weighted by Crippen LogP contribution is 2.17. The molecule has 0 saturated heterocycles. The summed E-state index contributed by atoms with van der Waals surface area (Å²) in [5, 5.41) is 17.8. The first-order valence-corrected chi connectivity index (χ1v) is 5.36. The third kappa shape index (κ3) is 1.79. The Morgan fingerprint density at radius 1 is 1.44 bits per heavy atom. The number of aliphatic hydroxyl groups is 1. The minimum atomic E-state index is -0.635. The highest BCUT2D eigenvalue weighted by atomic mass is 16.3. The predicted octanol–water partition coefficient (Wildman–Crippen LogP) is 0.845. The van der Waals surface area contributed by atoms with E-state index in [1.54, 1.807) is 0 Å². The zero-order valence-corrected chi connectivity index (χ0v) is 9.46. The standard InChI is InChI=1S/C11H16N4O/c1-7(2)11-14-13-10-5-8(9(16)6-12)3-4-15(10)11/h3-5,7,9,16H,6,12H2,1-2H3. The summed E-state index contributed by atoms with van der Waals surface area (Å²) in [6, 6.07) is 3.66. The summed E-state index contributed by atoms with van der Waals surface area (Å²) in [6.45, 7) is 4.35. The number of nitrogens with two attached hydrogens (primary N) is 1. The molecule has 5 heteroatoms. The molecule has 16 heavy (non-hydrogen) atoms. The quantitative estimate of drug-likeness (QED) is 0.803. The summed E-state index contributed by atoms with van der Waals surface area (Å²) < 4.78 is 1.93. The van der Waals surface area contributed by atoms with E-state index < -0.39 is 6.10 Å². The fraction of sp³-hybridized carbons (Fsp3) is 0.455. The molecule has 0 spiro atoms. The van der Waals surface area contributed by atoms with Crippen LogP contribution in [-0.4, -0.2) is 26.2 Å². The number of hydrogen-bond acceptors (Lipinski definition) is 4. The van der Waals surface area contributed by atoms with Crippen molar-refractivity contribution < 1.29 is 5.11 Å². The molecule has 2 aromatic rings. The normalized spacial score (nSPS) is 13.6. The van der Waals surface area contributed by atoms with Gasteiger partial charge in [0.05, 0.1) is 6.10 Å². The van der Waals surface area contributed by atoms with Crippen LogP contribution < -0.4 is 5.73 Å². The molecule has 1 unspecified atom stereocenters. The number of aromatic nitrogens is 3. The Kier molecular flexibility index (Phi) is 2.89. The first-order valence-electron chi connectivity index (χ1n) is 5.36. The van der Waals surface area contributed by atoms with E-state index >= 15 is 0 Å². The van der Waals surface area contributed by atoms with Crippen LogP contribution in [0.5, 0.6) is 0 Å². The van der Waals surface area contributed by atoms with Gasteiger partial charge >= 0.3 is 0 Å². The molecule has 0 saturated carbocycles. The molecule has 0 aliphatic heterocycles. The average molecular weight is 220 g/mol. The lowest BCUT2D eigenvalue weighted by atomic mass is 10.1. The summed E-state index contributed by atoms with van der Waals surface area (Å²) >= 11 is 0. The maximum Gasteiger partial charge on any atom is 0.161 e. The Balaban J connectivity index is 2.49. The van der Waals surface area contributed by atoms with Crippen LogP contribution in [-0.2, 0) is 0 Å². The molecule has 2 heterocycles. The molecule has 0 bridgehead atoms. The second-order valence-electron chi connectivity index (χ2n) is 4.15. The van der Waals surface area contributed by atoms with E-state index in [4.69, 9.17) is 5.73 Å². The Hall–Kier alpha value is -1.46. The van der Waals surface area contributed by atoms with Crippen molar-refractivity contribution in [3.8, 4) is 0 Å². The van der Waals surface area contributed by atoms with Gasteiger partial charge in [0.2, 0.25) is 0 Å². The summed E-state index contributed by atoms with van der Waals surface area (Å²) in [4.78, 5) is 0. The number of fused-ring (bicyclic) bond motifs is 1. The molecule has 3 N–H and O–H groups in total. The van der Waals surface area contributed by atoms with E-state index in [0.717, 1.165) is 17.0 Å². The molecule has 1 atom stereocenters. The van der Waals surface area contributed by atoms with Gasteiger partial charge in [-0.2, -0.15) is 0 Å². The average Bonchev–Trinajstić information content (AvgIpc) is 2.70.